The predicted molar refractivity (Wildman–Crippen MR) is 105 cm³/mol. The lowest BCUT2D eigenvalue weighted by atomic mass is 9.97. The van der Waals surface area contributed by atoms with Crippen LogP contribution in [0.15, 0.2) is 38.2 Å². The van der Waals surface area contributed by atoms with Gasteiger partial charge in [-0.05, 0) is 25.1 Å². The normalized spacial score (nSPS) is 12.0. The fraction of sp³-hybridized carbons (Fsp3) is 0.300. The van der Waals surface area contributed by atoms with E-state index in [9.17, 15) is 9.59 Å². The first-order chi connectivity index (χ1) is 13.1. The van der Waals surface area contributed by atoms with Gasteiger partial charge in [-0.2, -0.15) is 0 Å². The Kier molecular flexibility index (Phi) is 3.88. The minimum Gasteiger partial charge on any atom is -0.442 e. The number of furan rings is 1. The predicted octanol–water partition coefficient (Wildman–Crippen LogP) is 3.53. The summed E-state index contributed by atoms with van der Waals surface area (Å²) in [6.07, 6.45) is 1.36. The topological polar surface area (TPSA) is 103 Å². The van der Waals surface area contributed by atoms with Crippen LogP contribution in [-0.2, 0) is 12.5 Å². The first-order valence-corrected chi connectivity index (χ1v) is 8.82. The van der Waals surface area contributed by atoms with Crippen molar-refractivity contribution in [1.29, 1.82) is 0 Å². The maximum atomic E-state index is 12.9. The summed E-state index contributed by atoms with van der Waals surface area (Å²) in [6, 6.07) is 5.22. The number of hydrogen-bond donors (Lipinski definition) is 1. The van der Waals surface area contributed by atoms with Crippen molar-refractivity contribution in [3.05, 3.63) is 52.1 Å². The Morgan fingerprint density at radius 2 is 1.96 bits per heavy atom. The van der Waals surface area contributed by atoms with E-state index in [0.717, 1.165) is 0 Å². The van der Waals surface area contributed by atoms with Gasteiger partial charge >= 0.3 is 0 Å². The van der Waals surface area contributed by atoms with Gasteiger partial charge in [-0.3, -0.25) is 9.59 Å². The molecule has 0 unspecified atom stereocenters. The molecule has 0 radical (unpaired) electrons. The highest BCUT2D eigenvalue weighted by Gasteiger charge is 2.24. The van der Waals surface area contributed by atoms with E-state index in [1.54, 1.807) is 32.2 Å². The van der Waals surface area contributed by atoms with Gasteiger partial charge in [0, 0.05) is 18.2 Å². The molecule has 0 aliphatic heterocycles. The third kappa shape index (κ3) is 2.87. The van der Waals surface area contributed by atoms with Crippen LogP contribution in [0.5, 0.6) is 0 Å². The van der Waals surface area contributed by atoms with Crippen molar-refractivity contribution >= 4 is 33.8 Å². The van der Waals surface area contributed by atoms with Crippen molar-refractivity contribution in [2.75, 3.05) is 5.32 Å². The average Bonchev–Trinajstić information content (AvgIpc) is 3.18. The minimum absolute atomic E-state index is 0.146. The number of carbonyl (C=O) groups excluding carboxylic acids is 1. The van der Waals surface area contributed by atoms with Crippen LogP contribution in [0.4, 0.5) is 5.69 Å². The number of fused-ring (bicyclic) bond motifs is 2. The quantitative estimate of drug-likeness (QED) is 0.571. The van der Waals surface area contributed by atoms with E-state index >= 15 is 0 Å². The zero-order valence-electron chi connectivity index (χ0n) is 16.3. The highest BCUT2D eigenvalue weighted by molar-refractivity contribution is 6.12. The van der Waals surface area contributed by atoms with Gasteiger partial charge < -0.3 is 18.7 Å². The molecule has 0 saturated carbocycles. The molecule has 3 heterocycles. The van der Waals surface area contributed by atoms with Crippen LogP contribution in [0.3, 0.4) is 0 Å². The molecule has 0 atom stereocenters. The molecule has 0 saturated heterocycles. The second-order valence-corrected chi connectivity index (χ2v) is 7.78. The van der Waals surface area contributed by atoms with E-state index in [2.05, 4.69) is 15.3 Å². The van der Waals surface area contributed by atoms with Gasteiger partial charge in [0.2, 0.25) is 11.6 Å². The van der Waals surface area contributed by atoms with E-state index in [0.29, 0.717) is 28.4 Å². The molecule has 8 heteroatoms. The number of rotatable bonds is 2. The molecule has 4 aromatic rings. The van der Waals surface area contributed by atoms with Crippen molar-refractivity contribution in [1.82, 2.24) is 14.5 Å². The smallest absolute Gasteiger partial charge is 0.265 e. The molecule has 0 aliphatic rings. The van der Waals surface area contributed by atoms with Gasteiger partial charge in [-0.25, -0.2) is 9.97 Å². The van der Waals surface area contributed by atoms with Crippen molar-refractivity contribution in [3.8, 4) is 0 Å². The number of benzene rings is 1. The van der Waals surface area contributed by atoms with Crippen LogP contribution >= 0.6 is 0 Å². The molecule has 144 valence electrons. The summed E-state index contributed by atoms with van der Waals surface area (Å²) in [5.74, 6) is 0.512. The molecular formula is C20H20N4O4. The summed E-state index contributed by atoms with van der Waals surface area (Å²) >= 11 is 0. The second kappa shape index (κ2) is 6.05. The zero-order chi connectivity index (χ0) is 20.2. The van der Waals surface area contributed by atoms with Gasteiger partial charge in [-0.1, -0.05) is 20.8 Å². The Morgan fingerprint density at radius 3 is 2.68 bits per heavy atom. The van der Waals surface area contributed by atoms with E-state index in [-0.39, 0.29) is 27.6 Å². The summed E-state index contributed by atoms with van der Waals surface area (Å²) < 4.78 is 12.6. The van der Waals surface area contributed by atoms with Crippen molar-refractivity contribution in [2.45, 2.75) is 33.1 Å². The van der Waals surface area contributed by atoms with Gasteiger partial charge in [0.1, 0.15) is 23.0 Å². The highest BCUT2D eigenvalue weighted by atomic mass is 16.4. The Labute approximate surface area is 160 Å². The highest BCUT2D eigenvalue weighted by Crippen LogP contribution is 2.28. The van der Waals surface area contributed by atoms with Gasteiger partial charge in [0.05, 0.1) is 5.56 Å². The number of hydrogen-bond acceptors (Lipinski definition) is 6. The number of anilines is 1. The molecule has 0 bridgehead atoms. The number of carbonyl (C=O) groups is 1. The van der Waals surface area contributed by atoms with Crippen molar-refractivity contribution in [2.24, 2.45) is 7.05 Å². The van der Waals surface area contributed by atoms with Gasteiger partial charge in [0.25, 0.3) is 11.5 Å². The molecule has 0 aliphatic carbocycles. The van der Waals surface area contributed by atoms with E-state index in [1.807, 2.05) is 20.8 Å². The minimum atomic E-state index is -0.444. The Bertz CT molecular complexity index is 1290. The van der Waals surface area contributed by atoms with E-state index < -0.39 is 5.91 Å². The Balaban J connectivity index is 1.73. The lowest BCUT2D eigenvalue weighted by Gasteiger charge is -2.11. The van der Waals surface area contributed by atoms with Crippen LogP contribution in [0.2, 0.25) is 0 Å². The van der Waals surface area contributed by atoms with E-state index in [4.69, 9.17) is 8.83 Å². The van der Waals surface area contributed by atoms with Gasteiger partial charge in [-0.15, -0.1) is 0 Å². The van der Waals surface area contributed by atoms with Crippen LogP contribution in [0, 0.1) is 6.92 Å². The summed E-state index contributed by atoms with van der Waals surface area (Å²) in [4.78, 5) is 33.9. The van der Waals surface area contributed by atoms with Crippen LogP contribution in [-0.4, -0.2) is 20.4 Å². The molecule has 8 nitrogen and oxygen atoms in total. The number of amides is 1. The fourth-order valence-electron chi connectivity index (χ4n) is 2.98. The number of aryl methyl sites for hydroxylation is 2. The number of nitrogens with one attached hydrogen (secondary N) is 1. The van der Waals surface area contributed by atoms with E-state index in [1.165, 1.54) is 10.9 Å². The molecule has 1 N–H and O–H groups in total. The van der Waals surface area contributed by atoms with Crippen LogP contribution in [0.1, 0.15) is 42.8 Å². The standard InChI is InChI=1S/C20H20N4O4/c1-10-14(15-17(27-10)21-9-24(5)18(15)26)16(25)22-11-6-7-13-12(8-11)23-19(28-13)20(2,3)4/h6-9H,1-5H3,(H,22,25). The average molecular weight is 380 g/mol. The molecule has 0 spiro atoms. The zero-order valence-corrected chi connectivity index (χ0v) is 16.3. The first-order valence-electron chi connectivity index (χ1n) is 8.82. The molecule has 4 rings (SSSR count). The largest absolute Gasteiger partial charge is 0.442 e. The summed E-state index contributed by atoms with van der Waals surface area (Å²) in [7, 11) is 1.57. The molecule has 1 amide bonds. The maximum absolute atomic E-state index is 12.9. The monoisotopic (exact) mass is 380 g/mol. The third-order valence-corrected chi connectivity index (χ3v) is 4.46. The molecule has 3 aromatic heterocycles. The maximum Gasteiger partial charge on any atom is 0.265 e. The summed E-state index contributed by atoms with van der Waals surface area (Å²) in [5.41, 5.74) is 1.60. The molecular weight excluding hydrogens is 360 g/mol. The van der Waals surface area contributed by atoms with Crippen molar-refractivity contribution in [3.63, 3.8) is 0 Å². The summed E-state index contributed by atoms with van der Waals surface area (Å²) in [6.45, 7) is 7.68. The Hall–Kier alpha value is -3.42. The molecule has 0 fully saturated rings. The number of aromatic nitrogens is 3. The lowest BCUT2D eigenvalue weighted by Crippen LogP contribution is -2.20. The molecule has 28 heavy (non-hydrogen) atoms. The lowest BCUT2D eigenvalue weighted by molar-refractivity contribution is 0.102. The summed E-state index contributed by atoms with van der Waals surface area (Å²) in [5, 5.41) is 2.97. The number of nitrogens with zero attached hydrogens (tertiary/aromatic N) is 3. The fourth-order valence-corrected chi connectivity index (χ4v) is 2.98. The third-order valence-electron chi connectivity index (χ3n) is 4.46. The number of oxazole rings is 1. The molecule has 1 aromatic carbocycles. The Morgan fingerprint density at radius 1 is 1.21 bits per heavy atom. The SMILES string of the molecule is Cc1oc2ncn(C)c(=O)c2c1C(=O)Nc1ccc2oc(C(C)(C)C)nc2c1. The van der Waals surface area contributed by atoms with Crippen LogP contribution in [0.25, 0.3) is 22.2 Å². The van der Waals surface area contributed by atoms with Crippen LogP contribution < -0.4 is 10.9 Å². The first kappa shape index (κ1) is 18.0. The van der Waals surface area contributed by atoms with Gasteiger partial charge in [0.15, 0.2) is 5.58 Å². The second-order valence-electron chi connectivity index (χ2n) is 7.78. The van der Waals surface area contributed by atoms with Crippen molar-refractivity contribution < 1.29 is 13.6 Å².